The molecular weight excluding hydrogens is 246 g/mol. The number of carbonyl (C=O) groups is 1. The number of nitrogens with zero attached hydrogens (tertiary/aromatic N) is 1. The largest absolute Gasteiger partial charge is 0.477 e. The Labute approximate surface area is 107 Å². The molecule has 0 aliphatic rings. The van der Waals surface area contributed by atoms with Crippen LogP contribution in [0.5, 0.6) is 0 Å². The smallest absolute Gasteiger partial charge is 0.345 e. The summed E-state index contributed by atoms with van der Waals surface area (Å²) < 4.78 is 0. The molecule has 88 valence electrons. The minimum absolute atomic E-state index is 0.357. The molecule has 2 aromatic heterocycles. The van der Waals surface area contributed by atoms with E-state index in [2.05, 4.69) is 4.98 Å². The van der Waals surface area contributed by atoms with Crippen molar-refractivity contribution in [1.29, 1.82) is 0 Å². The van der Waals surface area contributed by atoms with Crippen LogP contribution in [0.2, 0.25) is 0 Å². The molecule has 0 fully saturated rings. The van der Waals surface area contributed by atoms with E-state index in [0.717, 1.165) is 21.2 Å². The van der Waals surface area contributed by atoms with Gasteiger partial charge in [-0.2, -0.15) is 0 Å². The Morgan fingerprint density at radius 2 is 2.06 bits per heavy atom. The van der Waals surface area contributed by atoms with E-state index in [9.17, 15) is 4.79 Å². The van der Waals surface area contributed by atoms with Crippen LogP contribution in [-0.4, -0.2) is 16.1 Å². The summed E-state index contributed by atoms with van der Waals surface area (Å²) in [5, 5.41) is 11.1. The Bertz CT molecular complexity index is 728. The summed E-state index contributed by atoms with van der Waals surface area (Å²) in [6.45, 7) is 0. The number of thiophene rings is 1. The fourth-order valence-electron chi connectivity index (χ4n) is 1.93. The standard InChI is InChI=1S/C14H9NO2S/c16-14(17)13-5-4-12(18-13)11-3-1-2-9-8-15-7-6-10(9)11/h1-8H,(H,16,17). The third-order valence-corrected chi connectivity index (χ3v) is 3.87. The van der Waals surface area contributed by atoms with Gasteiger partial charge in [-0.25, -0.2) is 4.79 Å². The average Bonchev–Trinajstić information content (AvgIpc) is 2.87. The van der Waals surface area contributed by atoms with Crippen LogP contribution in [0.4, 0.5) is 0 Å². The molecule has 18 heavy (non-hydrogen) atoms. The number of carboxylic acid groups (broad SMARTS) is 1. The van der Waals surface area contributed by atoms with Gasteiger partial charge < -0.3 is 5.11 Å². The molecule has 3 rings (SSSR count). The summed E-state index contributed by atoms with van der Waals surface area (Å²) in [7, 11) is 0. The predicted octanol–water partition coefficient (Wildman–Crippen LogP) is 3.66. The maximum absolute atomic E-state index is 10.9. The fraction of sp³-hybridized carbons (Fsp3) is 0. The number of aromatic carboxylic acids is 1. The molecule has 1 aromatic carbocycles. The topological polar surface area (TPSA) is 50.2 Å². The van der Waals surface area contributed by atoms with E-state index in [1.807, 2.05) is 36.5 Å². The van der Waals surface area contributed by atoms with Gasteiger partial charge in [0.05, 0.1) is 0 Å². The summed E-state index contributed by atoms with van der Waals surface area (Å²) in [6, 6.07) is 11.4. The molecule has 1 N–H and O–H groups in total. The Kier molecular flexibility index (Phi) is 2.57. The van der Waals surface area contributed by atoms with Crippen LogP contribution in [0.1, 0.15) is 9.67 Å². The van der Waals surface area contributed by atoms with Crippen LogP contribution in [0.25, 0.3) is 21.2 Å². The lowest BCUT2D eigenvalue weighted by atomic mass is 10.1. The normalized spacial score (nSPS) is 10.7. The second-order valence-electron chi connectivity index (χ2n) is 3.87. The molecule has 0 atom stereocenters. The highest BCUT2D eigenvalue weighted by Gasteiger charge is 2.10. The quantitative estimate of drug-likeness (QED) is 0.760. The SMILES string of the molecule is O=C(O)c1ccc(-c2cccc3cnccc23)s1. The van der Waals surface area contributed by atoms with Crippen LogP contribution in [0.15, 0.2) is 48.8 Å². The van der Waals surface area contributed by atoms with E-state index in [-0.39, 0.29) is 0 Å². The van der Waals surface area contributed by atoms with Gasteiger partial charge in [-0.1, -0.05) is 18.2 Å². The van der Waals surface area contributed by atoms with E-state index in [4.69, 9.17) is 5.11 Å². The molecule has 0 saturated carbocycles. The molecule has 0 spiro atoms. The van der Waals surface area contributed by atoms with Crippen molar-refractivity contribution >= 4 is 28.1 Å². The lowest BCUT2D eigenvalue weighted by Gasteiger charge is -2.03. The van der Waals surface area contributed by atoms with Crippen molar-refractivity contribution in [2.24, 2.45) is 0 Å². The van der Waals surface area contributed by atoms with Gasteiger partial charge in [0, 0.05) is 22.7 Å². The molecule has 0 amide bonds. The van der Waals surface area contributed by atoms with Crippen LogP contribution in [-0.2, 0) is 0 Å². The van der Waals surface area contributed by atoms with Crippen LogP contribution >= 0.6 is 11.3 Å². The zero-order chi connectivity index (χ0) is 12.5. The number of carboxylic acids is 1. The van der Waals surface area contributed by atoms with Gasteiger partial charge in [0.15, 0.2) is 0 Å². The Hall–Kier alpha value is -2.20. The van der Waals surface area contributed by atoms with Crippen molar-refractivity contribution in [3.63, 3.8) is 0 Å². The minimum atomic E-state index is -0.881. The summed E-state index contributed by atoms with van der Waals surface area (Å²) in [5.41, 5.74) is 1.05. The predicted molar refractivity (Wildman–Crippen MR) is 72.0 cm³/mol. The van der Waals surface area contributed by atoms with Crippen molar-refractivity contribution in [3.8, 4) is 10.4 Å². The van der Waals surface area contributed by atoms with Crippen molar-refractivity contribution in [2.75, 3.05) is 0 Å². The monoisotopic (exact) mass is 255 g/mol. The highest BCUT2D eigenvalue weighted by atomic mass is 32.1. The molecule has 0 unspecified atom stereocenters. The molecule has 3 nitrogen and oxygen atoms in total. The second kappa shape index (κ2) is 4.23. The number of rotatable bonds is 2. The van der Waals surface area contributed by atoms with E-state index >= 15 is 0 Å². The number of benzene rings is 1. The Morgan fingerprint density at radius 1 is 1.17 bits per heavy atom. The Morgan fingerprint density at radius 3 is 2.83 bits per heavy atom. The van der Waals surface area contributed by atoms with Gasteiger partial charge in [0.1, 0.15) is 4.88 Å². The lowest BCUT2D eigenvalue weighted by Crippen LogP contribution is -1.89. The number of fused-ring (bicyclic) bond motifs is 1. The molecule has 0 aliphatic heterocycles. The second-order valence-corrected chi connectivity index (χ2v) is 4.96. The number of hydrogen-bond donors (Lipinski definition) is 1. The van der Waals surface area contributed by atoms with Crippen LogP contribution in [0.3, 0.4) is 0 Å². The summed E-state index contributed by atoms with van der Waals surface area (Å²) in [5.74, 6) is -0.881. The van der Waals surface area contributed by atoms with Crippen molar-refractivity contribution in [1.82, 2.24) is 4.98 Å². The summed E-state index contributed by atoms with van der Waals surface area (Å²) >= 11 is 1.29. The van der Waals surface area contributed by atoms with Crippen molar-refractivity contribution in [3.05, 3.63) is 53.7 Å². The summed E-state index contributed by atoms with van der Waals surface area (Å²) in [6.07, 6.45) is 3.56. The molecule has 0 radical (unpaired) electrons. The van der Waals surface area contributed by atoms with E-state index in [1.165, 1.54) is 11.3 Å². The summed E-state index contributed by atoms with van der Waals surface area (Å²) in [4.78, 5) is 16.3. The van der Waals surface area contributed by atoms with E-state index in [0.29, 0.717) is 4.88 Å². The van der Waals surface area contributed by atoms with Gasteiger partial charge in [0.25, 0.3) is 0 Å². The maximum atomic E-state index is 10.9. The molecule has 4 heteroatoms. The first kappa shape index (κ1) is 10.9. The highest BCUT2D eigenvalue weighted by molar-refractivity contribution is 7.17. The molecule has 2 heterocycles. The molecule has 0 bridgehead atoms. The first-order chi connectivity index (χ1) is 8.75. The zero-order valence-corrected chi connectivity index (χ0v) is 10.1. The average molecular weight is 255 g/mol. The lowest BCUT2D eigenvalue weighted by molar-refractivity contribution is 0.0702. The zero-order valence-electron chi connectivity index (χ0n) is 9.33. The Balaban J connectivity index is 2.21. The van der Waals surface area contributed by atoms with E-state index in [1.54, 1.807) is 12.3 Å². The molecular formula is C14H9NO2S. The minimum Gasteiger partial charge on any atom is -0.477 e. The van der Waals surface area contributed by atoms with Crippen molar-refractivity contribution in [2.45, 2.75) is 0 Å². The third-order valence-electron chi connectivity index (χ3n) is 2.76. The number of pyridine rings is 1. The highest BCUT2D eigenvalue weighted by Crippen LogP contribution is 2.33. The first-order valence-electron chi connectivity index (χ1n) is 5.42. The van der Waals surface area contributed by atoms with Gasteiger partial charge in [-0.15, -0.1) is 11.3 Å². The molecule has 0 aliphatic carbocycles. The van der Waals surface area contributed by atoms with Crippen molar-refractivity contribution < 1.29 is 9.90 Å². The number of aromatic nitrogens is 1. The van der Waals surface area contributed by atoms with Gasteiger partial charge in [0.2, 0.25) is 0 Å². The van der Waals surface area contributed by atoms with Gasteiger partial charge in [-0.05, 0) is 29.1 Å². The first-order valence-corrected chi connectivity index (χ1v) is 6.23. The van der Waals surface area contributed by atoms with Crippen LogP contribution < -0.4 is 0 Å². The third kappa shape index (κ3) is 1.76. The van der Waals surface area contributed by atoms with Gasteiger partial charge >= 0.3 is 5.97 Å². The van der Waals surface area contributed by atoms with E-state index < -0.39 is 5.97 Å². The molecule has 0 saturated heterocycles. The fourth-order valence-corrected chi connectivity index (χ4v) is 2.82. The van der Waals surface area contributed by atoms with Gasteiger partial charge in [-0.3, -0.25) is 4.98 Å². The van der Waals surface area contributed by atoms with Crippen LogP contribution in [0, 0.1) is 0 Å². The maximum Gasteiger partial charge on any atom is 0.345 e. The number of hydrogen-bond acceptors (Lipinski definition) is 3. The molecule has 3 aromatic rings.